The van der Waals surface area contributed by atoms with E-state index in [0.29, 0.717) is 18.5 Å². The van der Waals surface area contributed by atoms with Crippen LogP contribution in [0.3, 0.4) is 0 Å². The molecule has 2 amide bonds. The van der Waals surface area contributed by atoms with Crippen LogP contribution in [0.15, 0.2) is 30.3 Å². The molecule has 1 aromatic rings. The molecule has 2 rings (SSSR count). The molecule has 0 unspecified atom stereocenters. The van der Waals surface area contributed by atoms with Crippen LogP contribution in [-0.4, -0.2) is 53.6 Å². The smallest absolute Gasteiger partial charge is 0.332 e. The Morgan fingerprint density at radius 3 is 2.45 bits per heavy atom. The third-order valence-corrected chi connectivity index (χ3v) is 3.38. The van der Waals surface area contributed by atoms with E-state index in [1.807, 2.05) is 6.07 Å². The van der Waals surface area contributed by atoms with Crippen molar-refractivity contribution in [1.82, 2.24) is 4.90 Å². The average molecular weight is 306 g/mol. The molecule has 7 heteroatoms. The molecule has 1 aliphatic rings. The van der Waals surface area contributed by atoms with E-state index in [9.17, 15) is 14.4 Å². The monoisotopic (exact) mass is 306 g/mol. The summed E-state index contributed by atoms with van der Waals surface area (Å²) in [5, 5.41) is 11.5. The van der Waals surface area contributed by atoms with Gasteiger partial charge in [0.2, 0.25) is 5.91 Å². The lowest BCUT2D eigenvalue weighted by atomic mass is 10.2. The molecule has 0 bridgehead atoms. The van der Waals surface area contributed by atoms with Crippen molar-refractivity contribution in [2.24, 2.45) is 0 Å². The largest absolute Gasteiger partial charge is 0.479 e. The first-order valence-electron chi connectivity index (χ1n) is 6.95. The number of nitrogens with one attached hydrogen (secondary N) is 1. The third kappa shape index (κ3) is 4.05. The van der Waals surface area contributed by atoms with Gasteiger partial charge in [-0.05, 0) is 25.0 Å². The van der Waals surface area contributed by atoms with Gasteiger partial charge < -0.3 is 20.1 Å². The molecule has 7 nitrogen and oxygen atoms in total. The highest BCUT2D eigenvalue weighted by molar-refractivity contribution is 5.95. The van der Waals surface area contributed by atoms with Gasteiger partial charge in [0, 0.05) is 12.7 Å². The number of carbonyl (C=O) groups is 3. The minimum absolute atomic E-state index is 0.120. The lowest BCUT2D eigenvalue weighted by molar-refractivity contribution is -0.154. The molecule has 0 aromatic heterocycles. The molecule has 1 aromatic carbocycles. The second kappa shape index (κ2) is 7.04. The van der Waals surface area contributed by atoms with Gasteiger partial charge in [0.15, 0.2) is 6.10 Å². The first kappa shape index (κ1) is 16.0. The van der Waals surface area contributed by atoms with E-state index in [0.717, 1.165) is 0 Å². The molecular formula is C15H18N2O5. The molecule has 0 spiro atoms. The number of hydrogen-bond acceptors (Lipinski definition) is 4. The molecule has 2 N–H and O–H groups in total. The van der Waals surface area contributed by atoms with Crippen LogP contribution in [0.1, 0.15) is 12.8 Å². The molecule has 0 radical (unpaired) electrons. The quantitative estimate of drug-likeness (QED) is 0.835. The van der Waals surface area contributed by atoms with Crippen LogP contribution in [-0.2, 0) is 19.1 Å². The van der Waals surface area contributed by atoms with Gasteiger partial charge in [-0.25, -0.2) is 4.79 Å². The topological polar surface area (TPSA) is 95.9 Å². The van der Waals surface area contributed by atoms with Gasteiger partial charge in [-0.15, -0.1) is 0 Å². The fraction of sp³-hybridized carbons (Fsp3) is 0.400. The van der Waals surface area contributed by atoms with Crippen molar-refractivity contribution in [3.63, 3.8) is 0 Å². The zero-order valence-electron chi connectivity index (χ0n) is 12.2. The van der Waals surface area contributed by atoms with Crippen molar-refractivity contribution < 1.29 is 24.2 Å². The van der Waals surface area contributed by atoms with Crippen LogP contribution in [0.25, 0.3) is 0 Å². The molecule has 118 valence electrons. The normalized spacial score (nSPS) is 20.4. The van der Waals surface area contributed by atoms with E-state index >= 15 is 0 Å². The van der Waals surface area contributed by atoms with Crippen LogP contribution in [0, 0.1) is 0 Å². The summed E-state index contributed by atoms with van der Waals surface area (Å²) in [6, 6.07) is 8.92. The Bertz CT molecular complexity index is 560. The molecule has 0 saturated carbocycles. The summed E-state index contributed by atoms with van der Waals surface area (Å²) in [5.41, 5.74) is 0.649. The Morgan fingerprint density at radius 2 is 1.86 bits per heavy atom. The molecule has 1 aliphatic heterocycles. The number of hydrogen-bond donors (Lipinski definition) is 2. The Balaban J connectivity index is 1.84. The molecule has 1 heterocycles. The van der Waals surface area contributed by atoms with Crippen LogP contribution < -0.4 is 5.32 Å². The Morgan fingerprint density at radius 1 is 1.23 bits per heavy atom. The number of ether oxygens (including phenoxy) is 1. The Hall–Kier alpha value is -2.41. The van der Waals surface area contributed by atoms with E-state index in [-0.39, 0.29) is 18.4 Å². The van der Waals surface area contributed by atoms with Crippen molar-refractivity contribution in [3.8, 4) is 0 Å². The van der Waals surface area contributed by atoms with Gasteiger partial charge in [0.1, 0.15) is 6.10 Å². The Labute approximate surface area is 127 Å². The minimum Gasteiger partial charge on any atom is -0.479 e. The maximum atomic E-state index is 12.1. The maximum Gasteiger partial charge on any atom is 0.332 e. The van der Waals surface area contributed by atoms with Gasteiger partial charge in [-0.2, -0.15) is 0 Å². The van der Waals surface area contributed by atoms with Crippen molar-refractivity contribution in [2.75, 3.05) is 18.9 Å². The highest BCUT2D eigenvalue weighted by Gasteiger charge is 2.36. The molecule has 2 atom stereocenters. The fourth-order valence-electron chi connectivity index (χ4n) is 2.26. The first-order chi connectivity index (χ1) is 10.5. The summed E-state index contributed by atoms with van der Waals surface area (Å²) in [6.07, 6.45) is -1.09. The number of carboxylic acids is 1. The van der Waals surface area contributed by atoms with E-state index in [4.69, 9.17) is 9.84 Å². The van der Waals surface area contributed by atoms with E-state index in [1.165, 1.54) is 11.9 Å². The third-order valence-electron chi connectivity index (χ3n) is 3.38. The van der Waals surface area contributed by atoms with Crippen LogP contribution in [0.5, 0.6) is 0 Å². The summed E-state index contributed by atoms with van der Waals surface area (Å²) in [7, 11) is 1.49. The predicted molar refractivity (Wildman–Crippen MR) is 78.2 cm³/mol. The molecule has 0 aliphatic carbocycles. The zero-order chi connectivity index (χ0) is 16.1. The standard InChI is InChI=1S/C15H18N2O5/c1-17(9-13(18)16-10-5-3-2-4-6-10)14(19)11-7-8-12(22-11)15(20)21/h2-6,11-12H,7-9H2,1H3,(H,16,18)(H,20,21)/t11-,12+/m0/s1. The molecule has 1 fully saturated rings. The van der Waals surface area contributed by atoms with Crippen LogP contribution in [0.2, 0.25) is 0 Å². The van der Waals surface area contributed by atoms with Gasteiger partial charge in [-0.1, -0.05) is 18.2 Å². The van der Waals surface area contributed by atoms with Crippen molar-refractivity contribution in [2.45, 2.75) is 25.0 Å². The lowest BCUT2D eigenvalue weighted by Gasteiger charge is -2.20. The minimum atomic E-state index is -1.07. The number of anilines is 1. The number of nitrogens with zero attached hydrogens (tertiary/aromatic N) is 1. The summed E-state index contributed by atoms with van der Waals surface area (Å²) in [5.74, 6) is -1.78. The summed E-state index contributed by atoms with van der Waals surface area (Å²) < 4.78 is 5.18. The number of carboxylic acid groups (broad SMARTS) is 1. The van der Waals surface area contributed by atoms with Crippen LogP contribution in [0.4, 0.5) is 5.69 Å². The number of rotatable bonds is 5. The molecular weight excluding hydrogens is 288 g/mol. The predicted octanol–water partition coefficient (Wildman–Crippen LogP) is 0.716. The van der Waals surface area contributed by atoms with Crippen molar-refractivity contribution in [1.29, 1.82) is 0 Å². The highest BCUT2D eigenvalue weighted by atomic mass is 16.5. The number of amides is 2. The van der Waals surface area contributed by atoms with Gasteiger partial charge >= 0.3 is 5.97 Å². The first-order valence-corrected chi connectivity index (χ1v) is 6.95. The van der Waals surface area contributed by atoms with Crippen molar-refractivity contribution in [3.05, 3.63) is 30.3 Å². The number of carbonyl (C=O) groups excluding carboxylic acids is 2. The van der Waals surface area contributed by atoms with Gasteiger partial charge in [0.05, 0.1) is 6.54 Å². The lowest BCUT2D eigenvalue weighted by Crippen LogP contribution is -2.41. The van der Waals surface area contributed by atoms with E-state index in [1.54, 1.807) is 24.3 Å². The SMILES string of the molecule is CN(CC(=O)Nc1ccccc1)C(=O)[C@@H]1CC[C@H](C(=O)O)O1. The highest BCUT2D eigenvalue weighted by Crippen LogP contribution is 2.21. The van der Waals surface area contributed by atoms with Crippen molar-refractivity contribution >= 4 is 23.5 Å². The number of para-hydroxylation sites is 1. The summed E-state index contributed by atoms with van der Waals surface area (Å²) >= 11 is 0. The Kier molecular flexibility index (Phi) is 5.11. The number of aliphatic carboxylic acids is 1. The summed E-state index contributed by atoms with van der Waals surface area (Å²) in [6.45, 7) is -0.120. The van der Waals surface area contributed by atoms with Crippen LogP contribution >= 0.6 is 0 Å². The maximum absolute atomic E-state index is 12.1. The van der Waals surface area contributed by atoms with Gasteiger partial charge in [-0.3, -0.25) is 9.59 Å². The molecule has 22 heavy (non-hydrogen) atoms. The zero-order valence-corrected chi connectivity index (χ0v) is 12.2. The van der Waals surface area contributed by atoms with E-state index in [2.05, 4.69) is 5.32 Å². The number of benzene rings is 1. The number of likely N-dealkylation sites (N-methyl/N-ethyl adjacent to an activating group) is 1. The van der Waals surface area contributed by atoms with E-state index < -0.39 is 18.2 Å². The second-order valence-electron chi connectivity index (χ2n) is 5.14. The fourth-order valence-corrected chi connectivity index (χ4v) is 2.26. The second-order valence-corrected chi connectivity index (χ2v) is 5.14. The van der Waals surface area contributed by atoms with Gasteiger partial charge in [0.25, 0.3) is 5.91 Å². The summed E-state index contributed by atoms with van der Waals surface area (Å²) in [4.78, 5) is 36.1. The average Bonchev–Trinajstić information content (AvgIpc) is 2.97. The molecule has 1 saturated heterocycles.